The molecule has 2 atom stereocenters. The van der Waals surface area contributed by atoms with E-state index in [1.54, 1.807) is 23.0 Å². The van der Waals surface area contributed by atoms with E-state index >= 15 is 0 Å². The van der Waals surface area contributed by atoms with Gasteiger partial charge in [0.15, 0.2) is 5.82 Å². The molecule has 98 valence electrons. The second-order valence-corrected chi connectivity index (χ2v) is 5.81. The Kier molecular flexibility index (Phi) is 3.27. The average Bonchev–Trinajstić information content (AvgIpc) is 2.92. The number of piperidine rings is 1. The summed E-state index contributed by atoms with van der Waals surface area (Å²) in [5.41, 5.74) is 0. The van der Waals surface area contributed by atoms with E-state index in [0.717, 1.165) is 34.7 Å². The first-order valence-electron chi connectivity index (χ1n) is 6.21. The van der Waals surface area contributed by atoms with Crippen LogP contribution in [0.2, 0.25) is 0 Å². The van der Waals surface area contributed by atoms with Crippen molar-refractivity contribution in [2.75, 3.05) is 13.7 Å². The minimum atomic E-state index is 0.357. The summed E-state index contributed by atoms with van der Waals surface area (Å²) in [6.45, 7) is 3.81. The number of hydrogen-bond donors (Lipinski definition) is 1. The molecule has 18 heavy (non-hydrogen) atoms. The van der Waals surface area contributed by atoms with Crippen molar-refractivity contribution in [3.05, 3.63) is 10.8 Å². The Hall–Kier alpha value is -1.05. The van der Waals surface area contributed by atoms with Crippen molar-refractivity contribution in [1.82, 2.24) is 25.1 Å². The molecule has 0 aliphatic carbocycles. The zero-order valence-corrected chi connectivity index (χ0v) is 11.4. The van der Waals surface area contributed by atoms with E-state index in [1.807, 2.05) is 0 Å². The Morgan fingerprint density at radius 3 is 3.17 bits per heavy atom. The fourth-order valence-corrected chi connectivity index (χ4v) is 3.27. The van der Waals surface area contributed by atoms with Crippen LogP contribution in [0, 0.1) is 5.92 Å². The van der Waals surface area contributed by atoms with E-state index in [9.17, 15) is 0 Å². The first kappa shape index (κ1) is 12.0. The van der Waals surface area contributed by atoms with Gasteiger partial charge in [0, 0.05) is 7.11 Å². The van der Waals surface area contributed by atoms with Gasteiger partial charge in [-0.3, -0.25) is 0 Å². The molecule has 3 heterocycles. The molecule has 0 aromatic carbocycles. The highest BCUT2D eigenvalue weighted by Gasteiger charge is 2.24. The smallest absolute Gasteiger partial charge is 0.234 e. The van der Waals surface area contributed by atoms with Gasteiger partial charge in [0.1, 0.15) is 11.6 Å². The van der Waals surface area contributed by atoms with E-state index in [0.29, 0.717) is 12.6 Å². The molecule has 0 spiro atoms. The summed E-state index contributed by atoms with van der Waals surface area (Å²) in [5, 5.41) is 17.4. The lowest BCUT2D eigenvalue weighted by Gasteiger charge is -2.26. The lowest BCUT2D eigenvalue weighted by Crippen LogP contribution is -2.30. The van der Waals surface area contributed by atoms with Crippen LogP contribution in [0.3, 0.4) is 0 Å². The topological polar surface area (TPSA) is 64.3 Å². The van der Waals surface area contributed by atoms with Crippen LogP contribution in [0.1, 0.15) is 36.6 Å². The number of rotatable bonds is 3. The van der Waals surface area contributed by atoms with Gasteiger partial charge < -0.3 is 10.1 Å². The Bertz CT molecular complexity index is 537. The molecule has 1 saturated heterocycles. The van der Waals surface area contributed by atoms with E-state index in [-0.39, 0.29) is 0 Å². The predicted octanol–water partition coefficient (Wildman–Crippen LogP) is 1.39. The monoisotopic (exact) mass is 267 g/mol. The Labute approximate surface area is 109 Å². The molecule has 1 fully saturated rings. The third-order valence-electron chi connectivity index (χ3n) is 3.31. The van der Waals surface area contributed by atoms with Crippen molar-refractivity contribution < 1.29 is 4.74 Å². The number of fused-ring (bicyclic) bond motifs is 1. The van der Waals surface area contributed by atoms with E-state index in [2.05, 4.69) is 27.5 Å². The van der Waals surface area contributed by atoms with Gasteiger partial charge in [0.25, 0.3) is 0 Å². The summed E-state index contributed by atoms with van der Waals surface area (Å²) in [6.07, 6.45) is 2.39. The van der Waals surface area contributed by atoms with Gasteiger partial charge in [-0.05, 0) is 25.3 Å². The molecule has 1 aliphatic rings. The number of hydrogen-bond acceptors (Lipinski definition) is 6. The van der Waals surface area contributed by atoms with Crippen molar-refractivity contribution in [2.24, 2.45) is 5.92 Å². The maximum Gasteiger partial charge on any atom is 0.234 e. The number of methoxy groups -OCH3 is 1. The summed E-state index contributed by atoms with van der Waals surface area (Å²) < 4.78 is 6.89. The Balaban J connectivity index is 1.88. The molecular formula is C11H17N5OS. The molecule has 6 nitrogen and oxygen atoms in total. The minimum absolute atomic E-state index is 0.357. The molecule has 2 aromatic heterocycles. The summed E-state index contributed by atoms with van der Waals surface area (Å²) in [5.74, 6) is 1.52. The van der Waals surface area contributed by atoms with Crippen LogP contribution in [0.5, 0.6) is 0 Å². The molecule has 0 saturated carbocycles. The largest absolute Gasteiger partial charge is 0.377 e. The van der Waals surface area contributed by atoms with Crippen molar-refractivity contribution in [2.45, 2.75) is 32.4 Å². The van der Waals surface area contributed by atoms with E-state index in [1.165, 1.54) is 6.42 Å². The fourth-order valence-electron chi connectivity index (χ4n) is 2.33. The molecule has 7 heteroatoms. The fraction of sp³-hybridized carbons (Fsp3) is 0.727. The SMILES string of the molecule is COCc1nnc2sc(C3CC(C)CCN3)nn12. The van der Waals surface area contributed by atoms with Gasteiger partial charge in [0.05, 0.1) is 6.04 Å². The van der Waals surface area contributed by atoms with Gasteiger partial charge in [-0.1, -0.05) is 18.3 Å². The van der Waals surface area contributed by atoms with E-state index < -0.39 is 0 Å². The zero-order valence-electron chi connectivity index (χ0n) is 10.6. The Morgan fingerprint density at radius 1 is 1.50 bits per heavy atom. The third-order valence-corrected chi connectivity index (χ3v) is 4.32. The molecule has 1 aliphatic heterocycles. The first-order chi connectivity index (χ1) is 8.78. The summed E-state index contributed by atoms with van der Waals surface area (Å²) >= 11 is 1.61. The van der Waals surface area contributed by atoms with Crippen LogP contribution >= 0.6 is 11.3 Å². The van der Waals surface area contributed by atoms with Gasteiger partial charge in [-0.2, -0.15) is 9.61 Å². The van der Waals surface area contributed by atoms with Crippen molar-refractivity contribution >= 4 is 16.3 Å². The van der Waals surface area contributed by atoms with Crippen LogP contribution in [-0.4, -0.2) is 33.5 Å². The molecule has 0 radical (unpaired) electrons. The van der Waals surface area contributed by atoms with Crippen molar-refractivity contribution in [3.63, 3.8) is 0 Å². The maximum absolute atomic E-state index is 5.09. The van der Waals surface area contributed by atoms with Crippen LogP contribution in [-0.2, 0) is 11.3 Å². The maximum atomic E-state index is 5.09. The number of aromatic nitrogens is 4. The number of nitrogens with one attached hydrogen (secondary N) is 1. The summed E-state index contributed by atoms with van der Waals surface area (Å²) in [7, 11) is 1.65. The normalized spacial score (nSPS) is 24.8. The van der Waals surface area contributed by atoms with Crippen LogP contribution in [0.25, 0.3) is 4.96 Å². The highest BCUT2D eigenvalue weighted by atomic mass is 32.1. The molecule has 3 rings (SSSR count). The molecule has 2 aromatic rings. The third kappa shape index (κ3) is 2.13. The summed E-state index contributed by atoms with van der Waals surface area (Å²) in [4.78, 5) is 0.845. The molecular weight excluding hydrogens is 250 g/mol. The minimum Gasteiger partial charge on any atom is -0.377 e. The van der Waals surface area contributed by atoms with Gasteiger partial charge in [-0.15, -0.1) is 10.2 Å². The predicted molar refractivity (Wildman–Crippen MR) is 68.5 cm³/mol. The Morgan fingerprint density at radius 2 is 2.39 bits per heavy atom. The standard InChI is InChI=1S/C11H17N5OS/c1-7-3-4-12-8(5-7)10-15-16-9(6-17-2)13-14-11(16)18-10/h7-8,12H,3-6H2,1-2H3. The van der Waals surface area contributed by atoms with Crippen LogP contribution in [0.4, 0.5) is 0 Å². The van der Waals surface area contributed by atoms with Crippen LogP contribution in [0.15, 0.2) is 0 Å². The van der Waals surface area contributed by atoms with E-state index in [4.69, 9.17) is 4.74 Å². The molecule has 2 unspecified atom stereocenters. The second-order valence-electron chi connectivity index (χ2n) is 4.82. The second kappa shape index (κ2) is 4.91. The zero-order chi connectivity index (χ0) is 12.5. The van der Waals surface area contributed by atoms with Crippen molar-refractivity contribution in [3.8, 4) is 0 Å². The van der Waals surface area contributed by atoms with Crippen LogP contribution < -0.4 is 5.32 Å². The number of nitrogens with zero attached hydrogens (tertiary/aromatic N) is 4. The van der Waals surface area contributed by atoms with Gasteiger partial charge in [0.2, 0.25) is 4.96 Å². The van der Waals surface area contributed by atoms with Gasteiger partial charge >= 0.3 is 0 Å². The summed E-state index contributed by atoms with van der Waals surface area (Å²) in [6, 6.07) is 0.357. The molecule has 1 N–H and O–H groups in total. The highest BCUT2D eigenvalue weighted by molar-refractivity contribution is 7.16. The number of ether oxygens (including phenoxy) is 1. The quantitative estimate of drug-likeness (QED) is 0.910. The highest BCUT2D eigenvalue weighted by Crippen LogP contribution is 2.29. The molecule has 0 bridgehead atoms. The lowest BCUT2D eigenvalue weighted by molar-refractivity contribution is 0.176. The lowest BCUT2D eigenvalue weighted by atomic mass is 9.95. The molecule has 0 amide bonds. The van der Waals surface area contributed by atoms with Crippen molar-refractivity contribution in [1.29, 1.82) is 0 Å². The first-order valence-corrected chi connectivity index (χ1v) is 7.03. The van der Waals surface area contributed by atoms with Gasteiger partial charge in [-0.25, -0.2) is 0 Å². The average molecular weight is 267 g/mol.